The van der Waals surface area contributed by atoms with Crippen molar-refractivity contribution in [1.82, 2.24) is 15.2 Å². The van der Waals surface area contributed by atoms with Gasteiger partial charge in [-0.3, -0.25) is 9.78 Å². The molecule has 1 aliphatic rings. The Morgan fingerprint density at radius 3 is 2.86 bits per heavy atom. The van der Waals surface area contributed by atoms with Gasteiger partial charge >= 0.3 is 0 Å². The molecule has 0 aliphatic heterocycles. The van der Waals surface area contributed by atoms with E-state index in [1.165, 1.54) is 37.0 Å². The lowest BCUT2D eigenvalue weighted by Gasteiger charge is -2.14. The summed E-state index contributed by atoms with van der Waals surface area (Å²) in [5.74, 6) is 0.848. The summed E-state index contributed by atoms with van der Waals surface area (Å²) >= 11 is 1.95. The molecule has 2 heterocycles. The SMILES string of the molecule is CC1CCCC(Sc2cncc(-c3ccc4c(=O)[nH]nc(CN)c4c3)c2)CC1. The monoisotopic (exact) mass is 394 g/mol. The Balaban J connectivity index is 1.63. The van der Waals surface area contributed by atoms with Gasteiger partial charge in [0.2, 0.25) is 0 Å². The highest BCUT2D eigenvalue weighted by atomic mass is 32.2. The molecular weight excluding hydrogens is 368 g/mol. The summed E-state index contributed by atoms with van der Waals surface area (Å²) in [4.78, 5) is 17.7. The number of nitrogens with two attached hydrogens (primary N) is 1. The number of fused-ring (bicyclic) bond motifs is 1. The molecule has 2 atom stereocenters. The number of hydrogen-bond donors (Lipinski definition) is 2. The average Bonchev–Trinajstić information content (AvgIpc) is 2.92. The molecule has 146 valence electrons. The van der Waals surface area contributed by atoms with Gasteiger partial charge in [-0.25, -0.2) is 5.10 Å². The van der Waals surface area contributed by atoms with Crippen LogP contribution in [-0.2, 0) is 6.54 Å². The molecule has 2 unspecified atom stereocenters. The second kappa shape index (κ2) is 8.45. The van der Waals surface area contributed by atoms with Crippen molar-refractivity contribution in [2.75, 3.05) is 0 Å². The molecule has 1 fully saturated rings. The maximum absolute atomic E-state index is 12.0. The van der Waals surface area contributed by atoms with Gasteiger partial charge in [0.1, 0.15) is 0 Å². The number of thioether (sulfide) groups is 1. The Bertz CT molecular complexity index is 1030. The van der Waals surface area contributed by atoms with E-state index in [1.54, 1.807) is 0 Å². The molecule has 1 aromatic carbocycles. The molecule has 3 aromatic rings. The molecular formula is C22H26N4OS. The lowest BCUT2D eigenvalue weighted by Crippen LogP contribution is -2.13. The van der Waals surface area contributed by atoms with Crippen LogP contribution in [0, 0.1) is 5.92 Å². The van der Waals surface area contributed by atoms with Crippen LogP contribution in [-0.4, -0.2) is 20.4 Å². The molecule has 4 rings (SSSR count). The first-order valence-corrected chi connectivity index (χ1v) is 10.9. The predicted molar refractivity (Wildman–Crippen MR) is 115 cm³/mol. The van der Waals surface area contributed by atoms with Crippen LogP contribution in [0.15, 0.2) is 46.3 Å². The molecule has 0 bridgehead atoms. The lowest BCUT2D eigenvalue weighted by atomic mass is 10.0. The van der Waals surface area contributed by atoms with E-state index >= 15 is 0 Å². The van der Waals surface area contributed by atoms with Crippen LogP contribution < -0.4 is 11.3 Å². The van der Waals surface area contributed by atoms with Crippen LogP contribution in [0.1, 0.15) is 44.7 Å². The third-order valence-electron chi connectivity index (χ3n) is 5.61. The number of benzene rings is 1. The van der Waals surface area contributed by atoms with Gasteiger partial charge in [0, 0.05) is 40.0 Å². The van der Waals surface area contributed by atoms with E-state index in [2.05, 4.69) is 28.2 Å². The number of pyridine rings is 1. The Labute approximate surface area is 169 Å². The summed E-state index contributed by atoms with van der Waals surface area (Å²) in [5.41, 5.74) is 8.39. The van der Waals surface area contributed by atoms with E-state index in [-0.39, 0.29) is 12.1 Å². The van der Waals surface area contributed by atoms with Crippen LogP contribution in [0.2, 0.25) is 0 Å². The van der Waals surface area contributed by atoms with Crippen molar-refractivity contribution in [2.24, 2.45) is 11.7 Å². The molecule has 0 saturated heterocycles. The topological polar surface area (TPSA) is 84.7 Å². The molecule has 3 N–H and O–H groups in total. The van der Waals surface area contributed by atoms with Gasteiger partial charge in [0.05, 0.1) is 11.1 Å². The number of nitrogens with one attached hydrogen (secondary N) is 1. The summed E-state index contributed by atoms with van der Waals surface area (Å²) < 4.78 is 0. The number of aromatic amines is 1. The van der Waals surface area contributed by atoms with E-state index < -0.39 is 0 Å². The Morgan fingerprint density at radius 2 is 2.00 bits per heavy atom. The first-order chi connectivity index (χ1) is 13.6. The van der Waals surface area contributed by atoms with Gasteiger partial charge in [0.25, 0.3) is 5.56 Å². The fraction of sp³-hybridized carbons (Fsp3) is 0.409. The van der Waals surface area contributed by atoms with Crippen molar-refractivity contribution in [3.05, 3.63) is 52.7 Å². The third kappa shape index (κ3) is 4.13. The Hall–Kier alpha value is -2.18. The van der Waals surface area contributed by atoms with E-state index in [0.717, 1.165) is 22.4 Å². The normalized spacial score (nSPS) is 20.2. The molecule has 0 spiro atoms. The summed E-state index contributed by atoms with van der Waals surface area (Å²) in [6.45, 7) is 2.65. The molecule has 1 aliphatic carbocycles. The van der Waals surface area contributed by atoms with Gasteiger partial charge in [-0.15, -0.1) is 11.8 Å². The van der Waals surface area contributed by atoms with Crippen LogP contribution in [0.5, 0.6) is 0 Å². The van der Waals surface area contributed by atoms with Crippen LogP contribution in [0.4, 0.5) is 0 Å². The Kier molecular flexibility index (Phi) is 5.78. The van der Waals surface area contributed by atoms with Gasteiger partial charge in [-0.05, 0) is 48.9 Å². The largest absolute Gasteiger partial charge is 0.325 e. The highest BCUT2D eigenvalue weighted by molar-refractivity contribution is 8.00. The van der Waals surface area contributed by atoms with Crippen molar-refractivity contribution in [3.63, 3.8) is 0 Å². The predicted octanol–water partition coefficient (Wildman–Crippen LogP) is 4.50. The summed E-state index contributed by atoms with van der Waals surface area (Å²) in [7, 11) is 0. The fourth-order valence-corrected chi connectivity index (χ4v) is 5.20. The van der Waals surface area contributed by atoms with Gasteiger partial charge in [0.15, 0.2) is 0 Å². The van der Waals surface area contributed by atoms with E-state index in [4.69, 9.17) is 5.73 Å². The molecule has 6 heteroatoms. The lowest BCUT2D eigenvalue weighted by molar-refractivity contribution is 0.505. The molecule has 2 aromatic heterocycles. The van der Waals surface area contributed by atoms with Gasteiger partial charge in [-0.2, -0.15) is 5.10 Å². The molecule has 0 amide bonds. The average molecular weight is 395 g/mol. The summed E-state index contributed by atoms with van der Waals surface area (Å²) in [5, 5.41) is 8.69. The van der Waals surface area contributed by atoms with Crippen molar-refractivity contribution in [1.29, 1.82) is 0 Å². The van der Waals surface area contributed by atoms with Crippen molar-refractivity contribution in [3.8, 4) is 11.1 Å². The second-order valence-electron chi connectivity index (χ2n) is 7.73. The van der Waals surface area contributed by atoms with E-state index in [0.29, 0.717) is 16.3 Å². The van der Waals surface area contributed by atoms with E-state index in [9.17, 15) is 4.79 Å². The van der Waals surface area contributed by atoms with Gasteiger partial charge < -0.3 is 5.73 Å². The number of nitrogens with zero attached hydrogens (tertiary/aromatic N) is 2. The van der Waals surface area contributed by atoms with Crippen molar-refractivity contribution in [2.45, 2.75) is 55.7 Å². The number of hydrogen-bond acceptors (Lipinski definition) is 5. The maximum atomic E-state index is 12.0. The molecule has 5 nitrogen and oxygen atoms in total. The van der Waals surface area contributed by atoms with Gasteiger partial charge in [-0.1, -0.05) is 25.8 Å². The second-order valence-corrected chi connectivity index (χ2v) is 9.10. The fourth-order valence-electron chi connectivity index (χ4n) is 3.96. The van der Waals surface area contributed by atoms with Crippen LogP contribution in [0.3, 0.4) is 0 Å². The zero-order valence-corrected chi connectivity index (χ0v) is 17.0. The van der Waals surface area contributed by atoms with E-state index in [1.807, 2.05) is 42.4 Å². The number of aromatic nitrogens is 3. The minimum absolute atomic E-state index is 0.191. The standard InChI is InChI=1S/C22H26N4OS/c1-14-3-2-4-17(7-5-14)28-18-9-16(12-24-13-18)15-6-8-19-20(10-15)21(11-23)25-26-22(19)27/h6,8-10,12-14,17H,2-5,7,11,23H2,1H3,(H,26,27). The zero-order valence-electron chi connectivity index (χ0n) is 16.1. The molecule has 0 radical (unpaired) electrons. The summed E-state index contributed by atoms with van der Waals surface area (Å²) in [6, 6.07) is 8.02. The minimum atomic E-state index is -0.191. The smallest absolute Gasteiger partial charge is 0.272 e. The Morgan fingerprint density at radius 1 is 1.11 bits per heavy atom. The summed E-state index contributed by atoms with van der Waals surface area (Å²) in [6.07, 6.45) is 10.4. The van der Waals surface area contributed by atoms with Crippen LogP contribution >= 0.6 is 11.8 Å². The maximum Gasteiger partial charge on any atom is 0.272 e. The quantitative estimate of drug-likeness (QED) is 0.636. The highest BCUT2D eigenvalue weighted by Crippen LogP contribution is 2.35. The number of H-pyrrole nitrogens is 1. The first-order valence-electron chi connectivity index (χ1n) is 9.97. The highest BCUT2D eigenvalue weighted by Gasteiger charge is 2.17. The van der Waals surface area contributed by atoms with Crippen molar-refractivity contribution < 1.29 is 0 Å². The van der Waals surface area contributed by atoms with Crippen molar-refractivity contribution >= 4 is 22.5 Å². The zero-order chi connectivity index (χ0) is 19.5. The molecule has 1 saturated carbocycles. The number of rotatable bonds is 4. The third-order valence-corrected chi connectivity index (χ3v) is 6.91. The van der Waals surface area contributed by atoms with Crippen LogP contribution in [0.25, 0.3) is 21.9 Å². The minimum Gasteiger partial charge on any atom is -0.325 e. The molecule has 28 heavy (non-hydrogen) atoms. The first kappa shape index (κ1) is 19.2.